The van der Waals surface area contributed by atoms with Crippen molar-refractivity contribution in [2.45, 2.75) is 24.9 Å². The van der Waals surface area contributed by atoms with E-state index in [1.165, 1.54) is 0 Å². The predicted molar refractivity (Wildman–Crippen MR) is 112 cm³/mol. The minimum absolute atomic E-state index is 0. The van der Waals surface area contributed by atoms with Crippen LogP contribution in [-0.2, 0) is 49.1 Å². The summed E-state index contributed by atoms with van der Waals surface area (Å²) >= 11 is 0. The summed E-state index contributed by atoms with van der Waals surface area (Å²) < 4.78 is 0. The van der Waals surface area contributed by atoms with Gasteiger partial charge in [0.25, 0.3) is 0 Å². The Bertz CT molecular complexity index is 809. The number of carbonyl (C=O) groups is 4. The van der Waals surface area contributed by atoms with Crippen LogP contribution in [0.2, 0.25) is 0 Å². The molecule has 0 aliphatic rings. The third-order valence-corrected chi connectivity index (χ3v) is 4.18. The molecule has 2 atom stereocenters. The Hall–Kier alpha value is -3.24. The molecule has 0 saturated heterocycles. The maximum Gasteiger partial charge on any atom is 2.00 e. The fourth-order valence-corrected chi connectivity index (χ4v) is 2.59. The molecule has 6 N–H and O–H groups in total. The summed E-state index contributed by atoms with van der Waals surface area (Å²) in [5, 5.41) is 26.2. The van der Waals surface area contributed by atoms with Gasteiger partial charge in [0.1, 0.15) is 0 Å². The Morgan fingerprint density at radius 2 is 0.970 bits per heavy atom. The molecule has 2 aromatic rings. The number of carboxylic acid groups (broad SMARTS) is 2. The summed E-state index contributed by atoms with van der Waals surface area (Å²) in [5.74, 6) is -3.65. The number of nitrogens with one attached hydrogen (secondary N) is 2. The Labute approximate surface area is 202 Å². The van der Waals surface area contributed by atoms with Crippen LogP contribution in [0.4, 0.5) is 0 Å². The van der Waals surface area contributed by atoms with Crippen LogP contribution in [0.3, 0.4) is 0 Å². The molecule has 2 rings (SSSR count). The Kier molecular flexibility index (Phi) is 14.8. The van der Waals surface area contributed by atoms with Gasteiger partial charge < -0.3 is 41.9 Å². The van der Waals surface area contributed by atoms with Gasteiger partial charge in [-0.2, -0.15) is 0 Å². The second-order valence-corrected chi connectivity index (χ2v) is 6.67. The maximum absolute atomic E-state index is 11.0. The van der Waals surface area contributed by atoms with Gasteiger partial charge in [0, 0.05) is 0 Å². The predicted octanol–water partition coefficient (Wildman–Crippen LogP) is -3.16. The quantitative estimate of drug-likeness (QED) is 0.247. The molecule has 0 saturated carbocycles. The van der Waals surface area contributed by atoms with Gasteiger partial charge in [-0.15, -0.1) is 0 Å². The molecule has 0 aromatic heterocycles. The molecule has 0 spiro atoms. The summed E-state index contributed by atoms with van der Waals surface area (Å²) in [6, 6.07) is 15.9. The van der Waals surface area contributed by atoms with Gasteiger partial charge in [-0.05, 0) is 24.0 Å². The topological polar surface area (TPSA) is 190 Å². The molecule has 0 heterocycles. The molecule has 33 heavy (non-hydrogen) atoms. The standard InChI is InChI=1S/2C11H14N2O3.Mn/c2*12-7-10(14)13-9(11(15)16)6-8-4-2-1-3-5-8;/h2*1-5,9H,6-7,12H2,(H,13,14)(H,15,16);/q;;+2/p-2. The third kappa shape index (κ3) is 12.4. The number of carboxylic acids is 2. The first-order valence-corrected chi connectivity index (χ1v) is 9.75. The van der Waals surface area contributed by atoms with E-state index in [9.17, 15) is 29.4 Å². The van der Waals surface area contributed by atoms with Crippen molar-refractivity contribution in [1.82, 2.24) is 10.6 Å². The van der Waals surface area contributed by atoms with E-state index in [1.807, 2.05) is 12.1 Å². The maximum atomic E-state index is 11.0. The molecular formula is C22H26MnN4O6. The Morgan fingerprint density at radius 3 is 1.21 bits per heavy atom. The smallest absolute Gasteiger partial charge is 0.548 e. The number of carbonyl (C=O) groups excluding carboxylic acids is 4. The van der Waals surface area contributed by atoms with Gasteiger partial charge in [0.2, 0.25) is 11.8 Å². The number of rotatable bonds is 10. The van der Waals surface area contributed by atoms with Crippen molar-refractivity contribution in [1.29, 1.82) is 0 Å². The van der Waals surface area contributed by atoms with Crippen molar-refractivity contribution in [3.8, 4) is 0 Å². The van der Waals surface area contributed by atoms with E-state index in [1.54, 1.807) is 48.5 Å². The average Bonchev–Trinajstić information content (AvgIpc) is 2.79. The van der Waals surface area contributed by atoms with Crippen LogP contribution < -0.4 is 32.3 Å². The van der Waals surface area contributed by atoms with Gasteiger partial charge in [0.05, 0.1) is 37.1 Å². The Morgan fingerprint density at radius 1 is 0.667 bits per heavy atom. The SMILES string of the molecule is NCC(=O)NC(Cc1ccccc1)C(=O)[O-].NCC(=O)NC(Cc1ccccc1)C(=O)[O-].[Mn+2]. The molecule has 0 bridgehead atoms. The third-order valence-electron chi connectivity index (χ3n) is 4.18. The van der Waals surface area contributed by atoms with Gasteiger partial charge in [-0.3, -0.25) is 9.59 Å². The van der Waals surface area contributed by atoms with E-state index in [-0.39, 0.29) is 43.0 Å². The summed E-state index contributed by atoms with van der Waals surface area (Å²) in [6.07, 6.45) is 0.379. The molecule has 0 aliphatic heterocycles. The van der Waals surface area contributed by atoms with Crippen LogP contribution in [0.25, 0.3) is 0 Å². The van der Waals surface area contributed by atoms with E-state index in [2.05, 4.69) is 10.6 Å². The molecule has 11 heteroatoms. The normalized spacial score (nSPS) is 11.5. The molecule has 2 unspecified atom stereocenters. The van der Waals surface area contributed by atoms with Crippen molar-refractivity contribution in [3.63, 3.8) is 0 Å². The first-order valence-electron chi connectivity index (χ1n) is 9.75. The summed E-state index contributed by atoms with van der Waals surface area (Å²) in [4.78, 5) is 43.6. The van der Waals surface area contributed by atoms with Crippen molar-refractivity contribution in [2.75, 3.05) is 13.1 Å². The molecule has 10 nitrogen and oxygen atoms in total. The largest absolute Gasteiger partial charge is 2.00 e. The summed E-state index contributed by atoms with van der Waals surface area (Å²) in [7, 11) is 0. The molecule has 2 amide bonds. The van der Waals surface area contributed by atoms with Crippen LogP contribution in [0, 0.1) is 0 Å². The second kappa shape index (κ2) is 16.4. The van der Waals surface area contributed by atoms with Gasteiger partial charge in [-0.25, -0.2) is 0 Å². The van der Waals surface area contributed by atoms with E-state index in [0.717, 1.165) is 11.1 Å². The molecule has 1 radical (unpaired) electrons. The molecule has 177 valence electrons. The van der Waals surface area contributed by atoms with Crippen molar-refractivity contribution >= 4 is 23.8 Å². The molecule has 2 aromatic carbocycles. The van der Waals surface area contributed by atoms with E-state index < -0.39 is 35.8 Å². The van der Waals surface area contributed by atoms with Crippen LogP contribution in [0.15, 0.2) is 60.7 Å². The molecular weight excluding hydrogens is 471 g/mol. The number of hydrogen-bond donors (Lipinski definition) is 4. The van der Waals surface area contributed by atoms with Crippen molar-refractivity contribution < 1.29 is 46.5 Å². The zero-order valence-corrected chi connectivity index (χ0v) is 18.9. The zero-order chi connectivity index (χ0) is 23.9. The number of amides is 2. The van der Waals surface area contributed by atoms with Crippen LogP contribution in [0.5, 0.6) is 0 Å². The van der Waals surface area contributed by atoms with E-state index in [4.69, 9.17) is 11.5 Å². The minimum Gasteiger partial charge on any atom is -0.548 e. The second-order valence-electron chi connectivity index (χ2n) is 6.67. The van der Waals surface area contributed by atoms with Gasteiger partial charge in [0.15, 0.2) is 0 Å². The first kappa shape index (κ1) is 29.8. The van der Waals surface area contributed by atoms with Gasteiger partial charge in [-0.1, -0.05) is 60.7 Å². The van der Waals surface area contributed by atoms with E-state index in [0.29, 0.717) is 0 Å². The number of nitrogens with two attached hydrogens (primary N) is 2. The molecule has 0 aliphatic carbocycles. The number of aliphatic carboxylic acids is 2. The van der Waals surface area contributed by atoms with E-state index >= 15 is 0 Å². The minimum atomic E-state index is -1.31. The Balaban J connectivity index is 0.000000602. The van der Waals surface area contributed by atoms with Crippen molar-refractivity contribution in [3.05, 3.63) is 71.8 Å². The monoisotopic (exact) mass is 497 g/mol. The fraction of sp³-hybridized carbons (Fsp3) is 0.273. The zero-order valence-electron chi connectivity index (χ0n) is 17.7. The first-order chi connectivity index (χ1) is 15.3. The van der Waals surface area contributed by atoms with Crippen LogP contribution >= 0.6 is 0 Å². The number of hydrogen-bond acceptors (Lipinski definition) is 8. The van der Waals surface area contributed by atoms with Crippen LogP contribution in [0.1, 0.15) is 11.1 Å². The molecule has 0 fully saturated rings. The summed E-state index contributed by atoms with van der Waals surface area (Å²) in [6.45, 7) is -0.475. The van der Waals surface area contributed by atoms with Crippen molar-refractivity contribution in [2.24, 2.45) is 11.5 Å². The number of benzene rings is 2. The average molecular weight is 497 g/mol. The summed E-state index contributed by atoms with van der Waals surface area (Å²) in [5.41, 5.74) is 11.8. The van der Waals surface area contributed by atoms with Crippen LogP contribution in [-0.4, -0.2) is 48.9 Å². The van der Waals surface area contributed by atoms with Gasteiger partial charge >= 0.3 is 17.1 Å². The fourth-order valence-electron chi connectivity index (χ4n) is 2.59.